The largest absolute Gasteiger partial charge is 0.340 e. The molecule has 0 radical (unpaired) electrons. The third-order valence-electron chi connectivity index (χ3n) is 3.62. The van der Waals surface area contributed by atoms with Crippen LogP contribution in [0.25, 0.3) is 0 Å². The van der Waals surface area contributed by atoms with E-state index in [1.807, 2.05) is 19.9 Å². The minimum absolute atomic E-state index is 0.150. The van der Waals surface area contributed by atoms with Gasteiger partial charge >= 0.3 is 0 Å². The number of hydrogen-bond acceptors (Lipinski definition) is 3. The molecule has 2 amide bonds. The van der Waals surface area contributed by atoms with Crippen LogP contribution in [0.4, 0.5) is 10.1 Å². The maximum atomic E-state index is 12.9. The number of nitrogens with one attached hydrogen (secondary N) is 2. The van der Waals surface area contributed by atoms with Gasteiger partial charge in [0, 0.05) is 11.3 Å². The monoisotopic (exact) mass is 339 g/mol. The topological polar surface area (TPSA) is 82.0 Å². The molecule has 0 aliphatic rings. The highest BCUT2D eigenvalue weighted by molar-refractivity contribution is 6.01. The van der Waals surface area contributed by atoms with Gasteiger partial charge in [-0.25, -0.2) is 4.39 Å². The number of hydrogen-bond donors (Lipinski definition) is 2. The number of halogens is 1. The number of carbonyl (C=O) groups is 2. The summed E-state index contributed by atoms with van der Waals surface area (Å²) in [4.78, 5) is 24.7. The van der Waals surface area contributed by atoms with Gasteiger partial charge in [-0.2, -0.15) is 5.26 Å². The lowest BCUT2D eigenvalue weighted by Crippen LogP contribution is -2.47. The van der Waals surface area contributed by atoms with Crippen molar-refractivity contribution >= 4 is 17.5 Å². The molecule has 0 bridgehead atoms. The van der Waals surface area contributed by atoms with Crippen molar-refractivity contribution in [1.82, 2.24) is 5.32 Å². The molecule has 5 nitrogen and oxygen atoms in total. The zero-order valence-corrected chi connectivity index (χ0v) is 13.9. The quantitative estimate of drug-likeness (QED) is 0.878. The van der Waals surface area contributed by atoms with Crippen molar-refractivity contribution in [3.63, 3.8) is 0 Å². The van der Waals surface area contributed by atoms with E-state index in [1.54, 1.807) is 24.3 Å². The summed E-state index contributed by atoms with van der Waals surface area (Å²) in [6, 6.07) is 12.8. The highest BCUT2D eigenvalue weighted by Gasteiger charge is 2.24. The van der Waals surface area contributed by atoms with Crippen LogP contribution in [0.15, 0.2) is 48.5 Å². The van der Waals surface area contributed by atoms with Crippen LogP contribution in [0.2, 0.25) is 0 Å². The number of nitriles is 1. The van der Waals surface area contributed by atoms with Crippen LogP contribution < -0.4 is 10.6 Å². The Morgan fingerprint density at radius 2 is 1.64 bits per heavy atom. The average Bonchev–Trinajstić information content (AvgIpc) is 2.60. The van der Waals surface area contributed by atoms with Crippen LogP contribution in [0, 0.1) is 23.1 Å². The van der Waals surface area contributed by atoms with E-state index in [9.17, 15) is 14.0 Å². The third-order valence-corrected chi connectivity index (χ3v) is 3.62. The van der Waals surface area contributed by atoms with Gasteiger partial charge in [0.2, 0.25) is 5.91 Å². The predicted octanol–water partition coefficient (Wildman–Crippen LogP) is 3.09. The van der Waals surface area contributed by atoms with Crippen LogP contribution in [0.1, 0.15) is 29.8 Å². The van der Waals surface area contributed by atoms with Crippen LogP contribution in [0.3, 0.4) is 0 Å². The van der Waals surface area contributed by atoms with Gasteiger partial charge in [0.15, 0.2) is 0 Å². The summed E-state index contributed by atoms with van der Waals surface area (Å²) in [5.74, 6) is -1.40. The van der Waals surface area contributed by atoms with E-state index in [-0.39, 0.29) is 17.4 Å². The summed E-state index contributed by atoms with van der Waals surface area (Å²) in [6.07, 6.45) is 0. The lowest BCUT2D eigenvalue weighted by Gasteiger charge is -2.21. The SMILES string of the molecule is CC(C)C(NC(=O)c1ccc(F)cc1)C(=O)Nc1ccc(C#N)cc1. The molecule has 6 heteroatoms. The molecule has 0 aromatic heterocycles. The van der Waals surface area contributed by atoms with E-state index in [0.29, 0.717) is 11.3 Å². The molecule has 0 saturated heterocycles. The van der Waals surface area contributed by atoms with E-state index < -0.39 is 17.8 Å². The molecule has 2 rings (SSSR count). The Bertz CT molecular complexity index is 793. The summed E-state index contributed by atoms with van der Waals surface area (Å²) in [5, 5.41) is 14.2. The van der Waals surface area contributed by atoms with E-state index in [4.69, 9.17) is 5.26 Å². The Kier molecular flexibility index (Phi) is 5.85. The van der Waals surface area contributed by atoms with E-state index in [1.165, 1.54) is 24.3 Å². The molecule has 0 heterocycles. The zero-order chi connectivity index (χ0) is 18.4. The average molecular weight is 339 g/mol. The number of amides is 2. The second kappa shape index (κ2) is 8.06. The molecule has 2 N–H and O–H groups in total. The van der Waals surface area contributed by atoms with Crippen molar-refractivity contribution in [2.75, 3.05) is 5.32 Å². The van der Waals surface area contributed by atoms with Crippen LogP contribution in [-0.4, -0.2) is 17.9 Å². The molecule has 1 atom stereocenters. The van der Waals surface area contributed by atoms with E-state index >= 15 is 0 Å². The van der Waals surface area contributed by atoms with Gasteiger partial charge in [0.25, 0.3) is 5.91 Å². The van der Waals surface area contributed by atoms with Crippen molar-refractivity contribution in [1.29, 1.82) is 5.26 Å². The normalized spacial score (nSPS) is 11.5. The fourth-order valence-corrected chi connectivity index (χ4v) is 2.21. The third kappa shape index (κ3) is 4.88. The Balaban J connectivity index is 2.08. The molecule has 2 aromatic carbocycles. The summed E-state index contributed by atoms with van der Waals surface area (Å²) in [6.45, 7) is 3.63. The van der Waals surface area contributed by atoms with Gasteiger partial charge in [-0.3, -0.25) is 9.59 Å². The molecule has 1 unspecified atom stereocenters. The molecule has 0 aliphatic heterocycles. The van der Waals surface area contributed by atoms with Gasteiger partial charge in [-0.1, -0.05) is 13.8 Å². The molecular formula is C19H18FN3O2. The lowest BCUT2D eigenvalue weighted by molar-refractivity contribution is -0.118. The lowest BCUT2D eigenvalue weighted by atomic mass is 10.0. The first kappa shape index (κ1) is 18.1. The van der Waals surface area contributed by atoms with E-state index in [2.05, 4.69) is 10.6 Å². The van der Waals surface area contributed by atoms with Gasteiger partial charge in [-0.05, 0) is 54.4 Å². The fourth-order valence-electron chi connectivity index (χ4n) is 2.21. The van der Waals surface area contributed by atoms with E-state index in [0.717, 1.165) is 0 Å². The van der Waals surface area contributed by atoms with Crippen LogP contribution in [0.5, 0.6) is 0 Å². The minimum Gasteiger partial charge on any atom is -0.340 e. The first-order valence-corrected chi connectivity index (χ1v) is 7.78. The zero-order valence-electron chi connectivity index (χ0n) is 13.9. The smallest absolute Gasteiger partial charge is 0.251 e. The maximum Gasteiger partial charge on any atom is 0.251 e. The molecule has 0 saturated carbocycles. The fraction of sp³-hybridized carbons (Fsp3) is 0.211. The number of rotatable bonds is 5. The molecule has 0 fully saturated rings. The van der Waals surface area contributed by atoms with Crippen molar-refractivity contribution in [2.24, 2.45) is 5.92 Å². The number of benzene rings is 2. The standard InChI is InChI=1S/C19H18FN3O2/c1-12(2)17(23-18(24)14-5-7-15(20)8-6-14)19(25)22-16-9-3-13(11-21)4-10-16/h3-10,12,17H,1-2H3,(H,22,25)(H,23,24). The second-order valence-electron chi connectivity index (χ2n) is 5.88. The van der Waals surface area contributed by atoms with Crippen LogP contribution in [-0.2, 0) is 4.79 Å². The van der Waals surface area contributed by atoms with Crippen molar-refractivity contribution < 1.29 is 14.0 Å². The molecule has 0 aliphatic carbocycles. The van der Waals surface area contributed by atoms with Gasteiger partial charge < -0.3 is 10.6 Å². The molecular weight excluding hydrogens is 321 g/mol. The Hall–Kier alpha value is -3.20. The highest BCUT2D eigenvalue weighted by atomic mass is 19.1. The number of nitrogens with zero attached hydrogens (tertiary/aromatic N) is 1. The Labute approximate surface area is 145 Å². The van der Waals surface area contributed by atoms with Crippen LogP contribution >= 0.6 is 0 Å². The highest BCUT2D eigenvalue weighted by Crippen LogP contribution is 2.12. The van der Waals surface area contributed by atoms with Gasteiger partial charge in [0.05, 0.1) is 11.6 Å². The van der Waals surface area contributed by atoms with Crippen molar-refractivity contribution in [2.45, 2.75) is 19.9 Å². The molecule has 2 aromatic rings. The predicted molar refractivity (Wildman–Crippen MR) is 92.3 cm³/mol. The first-order chi connectivity index (χ1) is 11.9. The number of anilines is 1. The van der Waals surface area contributed by atoms with Crippen molar-refractivity contribution in [3.05, 3.63) is 65.5 Å². The summed E-state index contributed by atoms with van der Waals surface area (Å²) >= 11 is 0. The second-order valence-corrected chi connectivity index (χ2v) is 5.88. The minimum atomic E-state index is -0.756. The molecule has 128 valence electrons. The Morgan fingerprint density at radius 3 is 2.16 bits per heavy atom. The van der Waals surface area contributed by atoms with Gasteiger partial charge in [-0.15, -0.1) is 0 Å². The molecule has 0 spiro atoms. The summed E-state index contributed by atoms with van der Waals surface area (Å²) in [7, 11) is 0. The summed E-state index contributed by atoms with van der Waals surface area (Å²) < 4.78 is 12.9. The first-order valence-electron chi connectivity index (χ1n) is 7.78. The summed E-state index contributed by atoms with van der Waals surface area (Å²) in [5.41, 5.74) is 1.30. The number of carbonyl (C=O) groups excluding carboxylic acids is 2. The molecule has 25 heavy (non-hydrogen) atoms. The maximum absolute atomic E-state index is 12.9. The van der Waals surface area contributed by atoms with Gasteiger partial charge in [0.1, 0.15) is 11.9 Å². The van der Waals surface area contributed by atoms with Crippen molar-refractivity contribution in [3.8, 4) is 6.07 Å². The Morgan fingerprint density at radius 1 is 1.04 bits per heavy atom.